The van der Waals surface area contributed by atoms with E-state index in [-0.39, 0.29) is 23.5 Å². The molecule has 3 aromatic rings. The molecule has 1 aromatic heterocycles. The number of nitrogens with zero attached hydrogens (tertiary/aromatic N) is 1. The van der Waals surface area contributed by atoms with Crippen molar-refractivity contribution in [2.24, 2.45) is 0 Å². The molecule has 10 heteroatoms. The van der Waals surface area contributed by atoms with Gasteiger partial charge in [0.2, 0.25) is 0 Å². The molecule has 0 bridgehead atoms. The van der Waals surface area contributed by atoms with Crippen LogP contribution < -0.4 is 10.5 Å². The van der Waals surface area contributed by atoms with Crippen LogP contribution in [0.2, 0.25) is 0 Å². The highest BCUT2D eigenvalue weighted by Crippen LogP contribution is 2.31. The van der Waals surface area contributed by atoms with E-state index in [0.29, 0.717) is 16.7 Å². The van der Waals surface area contributed by atoms with Gasteiger partial charge in [0.25, 0.3) is 5.92 Å². The Hall–Kier alpha value is -2.61. The van der Waals surface area contributed by atoms with Crippen molar-refractivity contribution >= 4 is 26.8 Å². The first kappa shape index (κ1) is 21.1. The van der Waals surface area contributed by atoms with E-state index in [1.807, 2.05) is 0 Å². The summed E-state index contributed by atoms with van der Waals surface area (Å²) in [6, 6.07) is 9.32. The van der Waals surface area contributed by atoms with Gasteiger partial charge in [0.1, 0.15) is 5.75 Å². The second-order valence-electron chi connectivity index (χ2n) is 6.76. The molecule has 0 spiro atoms. The maximum atomic E-state index is 13.5. The Bertz CT molecular complexity index is 1080. The summed E-state index contributed by atoms with van der Waals surface area (Å²) < 4.78 is 56.2. The lowest BCUT2D eigenvalue weighted by Gasteiger charge is -2.20. The molecule has 3 rings (SSSR count). The summed E-state index contributed by atoms with van der Waals surface area (Å²) in [7, 11) is 11.5. The summed E-state index contributed by atoms with van der Waals surface area (Å²) in [6.45, 7) is 0.0487. The average Bonchev–Trinajstić information content (AvgIpc) is 2.87. The van der Waals surface area contributed by atoms with Gasteiger partial charge in [-0.3, -0.25) is 4.57 Å². The standard InChI is InChI=1S/C19H16B2F3NO4/c1-18(22,23)10-25-15-8-11(3-6-16(15)28-17(25)26)14-5-4-13(29-19(20,21)24)7-12(14)9-27-2/h3-8H,9-10H2,1-2H3. The maximum absolute atomic E-state index is 13.5. The van der Waals surface area contributed by atoms with Crippen LogP contribution in [0.25, 0.3) is 22.2 Å². The van der Waals surface area contributed by atoms with Crippen LogP contribution in [0.4, 0.5) is 13.2 Å². The van der Waals surface area contributed by atoms with Crippen molar-refractivity contribution in [2.75, 3.05) is 7.11 Å². The monoisotopic (exact) mass is 401 g/mol. The molecule has 1 heterocycles. The van der Waals surface area contributed by atoms with Crippen LogP contribution in [0.5, 0.6) is 5.75 Å². The molecule has 0 saturated carbocycles. The van der Waals surface area contributed by atoms with Crippen molar-refractivity contribution in [2.45, 2.75) is 31.7 Å². The Kier molecular flexibility index (Phi) is 5.58. The van der Waals surface area contributed by atoms with Gasteiger partial charge in [0.15, 0.2) is 26.9 Å². The second kappa shape index (κ2) is 7.66. The van der Waals surface area contributed by atoms with E-state index < -0.39 is 23.9 Å². The Morgan fingerprint density at radius 2 is 1.86 bits per heavy atom. The first-order valence-electron chi connectivity index (χ1n) is 8.56. The number of hydrogen-bond acceptors (Lipinski definition) is 4. The summed E-state index contributed by atoms with van der Waals surface area (Å²) in [6.07, 6.45) is 0. The van der Waals surface area contributed by atoms with Crippen LogP contribution in [0.1, 0.15) is 12.5 Å². The number of benzene rings is 2. The summed E-state index contributed by atoms with van der Waals surface area (Å²) >= 11 is 0. The van der Waals surface area contributed by atoms with E-state index in [1.54, 1.807) is 18.2 Å². The largest absolute Gasteiger partial charge is 0.476 e. The smallest absolute Gasteiger partial charge is 0.420 e. The van der Waals surface area contributed by atoms with Gasteiger partial charge in [-0.1, -0.05) is 12.1 Å². The van der Waals surface area contributed by atoms with Gasteiger partial charge in [-0.05, 0) is 41.0 Å². The topological polar surface area (TPSA) is 53.6 Å². The van der Waals surface area contributed by atoms with Gasteiger partial charge in [-0.2, -0.15) is 0 Å². The number of halogens is 3. The number of fused-ring (bicyclic) bond motifs is 1. The van der Waals surface area contributed by atoms with Crippen LogP contribution in [0.15, 0.2) is 45.6 Å². The van der Waals surface area contributed by atoms with Crippen molar-refractivity contribution in [1.82, 2.24) is 4.57 Å². The molecule has 0 saturated heterocycles. The van der Waals surface area contributed by atoms with Crippen LogP contribution in [0.3, 0.4) is 0 Å². The second-order valence-corrected chi connectivity index (χ2v) is 6.76. The molecule has 0 amide bonds. The van der Waals surface area contributed by atoms with E-state index in [4.69, 9.17) is 29.6 Å². The predicted octanol–water partition coefficient (Wildman–Crippen LogP) is 3.36. The molecule has 2 aromatic carbocycles. The predicted molar refractivity (Wildman–Crippen MR) is 103 cm³/mol. The highest BCUT2D eigenvalue weighted by atomic mass is 19.3. The molecule has 0 aliphatic rings. The molecule has 0 fully saturated rings. The first-order valence-corrected chi connectivity index (χ1v) is 8.56. The molecule has 0 unspecified atom stereocenters. The molecule has 4 radical (unpaired) electrons. The third kappa shape index (κ3) is 5.06. The van der Waals surface area contributed by atoms with Gasteiger partial charge in [-0.25, -0.2) is 18.0 Å². The Morgan fingerprint density at radius 1 is 1.14 bits per heavy atom. The summed E-state index contributed by atoms with van der Waals surface area (Å²) in [4.78, 5) is 12.0. The fraction of sp³-hybridized carbons (Fsp3) is 0.316. The molecular weight excluding hydrogens is 385 g/mol. The van der Waals surface area contributed by atoms with Gasteiger partial charge in [0, 0.05) is 14.0 Å². The maximum Gasteiger partial charge on any atom is 0.420 e. The Balaban J connectivity index is 2.09. The van der Waals surface area contributed by atoms with Crippen molar-refractivity contribution in [1.29, 1.82) is 0 Å². The minimum absolute atomic E-state index is 0.0835. The third-order valence-electron chi connectivity index (χ3n) is 4.06. The number of methoxy groups -OCH3 is 1. The lowest BCUT2D eigenvalue weighted by molar-refractivity contribution is 0.00320. The minimum Gasteiger partial charge on any atom is -0.476 e. The molecule has 0 atom stereocenters. The zero-order chi connectivity index (χ0) is 21.4. The molecule has 0 aliphatic heterocycles. The molecule has 148 valence electrons. The lowest BCUT2D eigenvalue weighted by atomic mass is 9.78. The van der Waals surface area contributed by atoms with Gasteiger partial charge >= 0.3 is 5.76 Å². The van der Waals surface area contributed by atoms with Crippen LogP contribution in [-0.4, -0.2) is 38.9 Å². The fourth-order valence-electron chi connectivity index (χ4n) is 3.03. The molecule has 29 heavy (non-hydrogen) atoms. The van der Waals surface area contributed by atoms with E-state index in [2.05, 4.69) is 0 Å². The quantitative estimate of drug-likeness (QED) is 0.570. The number of aromatic nitrogens is 1. The summed E-state index contributed by atoms with van der Waals surface area (Å²) in [5, 5.41) is 0. The van der Waals surface area contributed by atoms with Crippen molar-refractivity contribution < 1.29 is 27.1 Å². The first-order chi connectivity index (χ1) is 13.5. The number of oxazole rings is 1. The van der Waals surface area contributed by atoms with Crippen LogP contribution in [-0.2, 0) is 17.9 Å². The molecule has 5 nitrogen and oxygen atoms in total. The molecule has 0 N–H and O–H groups in total. The van der Waals surface area contributed by atoms with Crippen molar-refractivity contribution in [3.8, 4) is 16.9 Å². The van der Waals surface area contributed by atoms with E-state index in [1.165, 1.54) is 25.3 Å². The van der Waals surface area contributed by atoms with Gasteiger partial charge in [0.05, 0.1) is 18.7 Å². The van der Waals surface area contributed by atoms with E-state index >= 15 is 0 Å². The number of ether oxygens (including phenoxy) is 2. The number of rotatable bonds is 7. The number of hydrogen-bond donors (Lipinski definition) is 0. The highest BCUT2D eigenvalue weighted by molar-refractivity contribution is 6.37. The number of alkyl halides is 3. The average molecular weight is 401 g/mol. The zero-order valence-electron chi connectivity index (χ0n) is 15.7. The van der Waals surface area contributed by atoms with E-state index in [0.717, 1.165) is 11.5 Å². The lowest BCUT2D eigenvalue weighted by Crippen LogP contribution is -2.31. The minimum atomic E-state index is -3.10. The highest BCUT2D eigenvalue weighted by Gasteiger charge is 2.25. The normalized spacial score (nSPS) is 12.4. The Morgan fingerprint density at radius 3 is 2.48 bits per heavy atom. The molecular formula is C19H16B2F3NO4. The van der Waals surface area contributed by atoms with Crippen LogP contribution in [0, 0.1) is 0 Å². The fourth-order valence-corrected chi connectivity index (χ4v) is 3.03. The van der Waals surface area contributed by atoms with Crippen molar-refractivity contribution in [3.63, 3.8) is 0 Å². The van der Waals surface area contributed by atoms with Gasteiger partial charge in [-0.15, -0.1) is 0 Å². The summed E-state index contributed by atoms with van der Waals surface area (Å²) in [5.74, 6) is -3.88. The van der Waals surface area contributed by atoms with Crippen LogP contribution >= 0.6 is 0 Å². The van der Waals surface area contributed by atoms with E-state index in [9.17, 15) is 18.0 Å². The van der Waals surface area contributed by atoms with Crippen molar-refractivity contribution in [3.05, 3.63) is 52.5 Å². The van der Waals surface area contributed by atoms with Gasteiger partial charge < -0.3 is 13.9 Å². The Labute approximate surface area is 167 Å². The SMILES string of the molecule is [B]C([B])(F)Oc1ccc(-c2ccc3oc(=O)n(CC(C)(F)F)c3c2)c(COC)c1. The third-order valence-corrected chi connectivity index (χ3v) is 4.06. The summed E-state index contributed by atoms with van der Waals surface area (Å²) in [5.41, 5.74) is -0.565. The molecule has 0 aliphatic carbocycles. The zero-order valence-corrected chi connectivity index (χ0v) is 15.7.